The van der Waals surface area contributed by atoms with Crippen molar-refractivity contribution in [3.63, 3.8) is 0 Å². The van der Waals surface area contributed by atoms with Crippen LogP contribution in [0.25, 0.3) is 0 Å². The van der Waals surface area contributed by atoms with Crippen LogP contribution in [0, 0.1) is 6.92 Å². The quantitative estimate of drug-likeness (QED) is 0.543. The number of halogens is 1. The topological polar surface area (TPSA) is 50.7 Å². The van der Waals surface area contributed by atoms with E-state index in [9.17, 15) is 4.79 Å². The first-order valence-corrected chi connectivity index (χ1v) is 9.08. The summed E-state index contributed by atoms with van der Waals surface area (Å²) in [6.07, 6.45) is 1.67. The van der Waals surface area contributed by atoms with E-state index in [2.05, 4.69) is 46.4 Å². The van der Waals surface area contributed by atoms with Gasteiger partial charge in [-0.2, -0.15) is 5.10 Å². The zero-order valence-electron chi connectivity index (χ0n) is 15.0. The fourth-order valence-corrected chi connectivity index (χ4v) is 2.92. The molecule has 0 radical (unpaired) electrons. The molecule has 1 amide bonds. The number of ether oxygens (including phenoxy) is 1. The Hall–Kier alpha value is -2.14. The first-order chi connectivity index (χ1) is 11.9. The van der Waals surface area contributed by atoms with Crippen LogP contribution in [0.15, 0.2) is 46.0 Å². The molecule has 0 bridgehead atoms. The van der Waals surface area contributed by atoms with E-state index in [1.54, 1.807) is 12.3 Å². The van der Waals surface area contributed by atoms with Crippen molar-refractivity contribution >= 4 is 28.1 Å². The van der Waals surface area contributed by atoms with E-state index in [4.69, 9.17) is 4.74 Å². The van der Waals surface area contributed by atoms with Crippen molar-refractivity contribution in [1.82, 2.24) is 5.43 Å². The molecule has 2 rings (SSSR count). The van der Waals surface area contributed by atoms with Gasteiger partial charge in [-0.05, 0) is 76.7 Å². The van der Waals surface area contributed by atoms with Crippen molar-refractivity contribution in [3.05, 3.63) is 63.1 Å². The van der Waals surface area contributed by atoms with E-state index >= 15 is 0 Å². The predicted octanol–water partition coefficient (Wildman–Crippen LogP) is 5.04. The van der Waals surface area contributed by atoms with Crippen LogP contribution in [-0.2, 0) is 0 Å². The summed E-state index contributed by atoms with van der Waals surface area (Å²) >= 11 is 3.37. The number of carbonyl (C=O) groups excluding carboxylic acids is 1. The number of rotatable bonds is 6. The average Bonchev–Trinajstić information content (AvgIpc) is 2.57. The molecular weight excluding hydrogens is 380 g/mol. The lowest BCUT2D eigenvalue weighted by molar-refractivity contribution is 0.0954. The van der Waals surface area contributed by atoms with Crippen LogP contribution >= 0.6 is 15.9 Å². The number of nitrogens with one attached hydrogen (secondary N) is 1. The van der Waals surface area contributed by atoms with E-state index in [0.717, 1.165) is 26.9 Å². The van der Waals surface area contributed by atoms with Gasteiger partial charge in [0.15, 0.2) is 0 Å². The van der Waals surface area contributed by atoms with Crippen molar-refractivity contribution in [1.29, 1.82) is 0 Å². The summed E-state index contributed by atoms with van der Waals surface area (Å²) in [5, 5.41) is 4.11. The fraction of sp³-hybridized carbons (Fsp3) is 0.300. The predicted molar refractivity (Wildman–Crippen MR) is 106 cm³/mol. The zero-order valence-corrected chi connectivity index (χ0v) is 16.6. The van der Waals surface area contributed by atoms with Crippen LogP contribution in [0.1, 0.15) is 53.7 Å². The normalized spacial score (nSPS) is 11.1. The lowest BCUT2D eigenvalue weighted by Crippen LogP contribution is -2.18. The maximum absolute atomic E-state index is 12.2. The number of benzene rings is 2. The third-order valence-corrected chi connectivity index (χ3v) is 4.50. The highest BCUT2D eigenvalue weighted by Crippen LogP contribution is 2.29. The van der Waals surface area contributed by atoms with Gasteiger partial charge in [0.2, 0.25) is 0 Å². The molecule has 0 unspecified atom stereocenters. The number of amides is 1. The minimum Gasteiger partial charge on any atom is -0.494 e. The van der Waals surface area contributed by atoms with Gasteiger partial charge in [-0.1, -0.05) is 26.0 Å². The zero-order chi connectivity index (χ0) is 18.4. The smallest absolute Gasteiger partial charge is 0.272 e. The van der Waals surface area contributed by atoms with E-state index in [1.807, 2.05) is 38.1 Å². The standard InChI is InChI=1S/C20H23BrN2O2/c1-5-25-19-10-14(4)15(11-17(19)13(2)3)12-22-23-20(24)16-8-6-7-9-18(16)21/h6-13H,5H2,1-4H3,(H,23,24)/b22-12-. The molecule has 0 aromatic heterocycles. The van der Waals surface area contributed by atoms with E-state index in [1.165, 1.54) is 0 Å². The monoisotopic (exact) mass is 402 g/mol. The average molecular weight is 403 g/mol. The van der Waals surface area contributed by atoms with Crippen molar-refractivity contribution < 1.29 is 9.53 Å². The first kappa shape index (κ1) is 19.2. The molecule has 0 aliphatic heterocycles. The molecule has 0 aliphatic carbocycles. The SMILES string of the molecule is CCOc1cc(C)c(/C=N\NC(=O)c2ccccc2Br)cc1C(C)C. The Morgan fingerprint density at radius 1 is 1.32 bits per heavy atom. The van der Waals surface area contributed by atoms with Crippen LogP contribution < -0.4 is 10.2 Å². The molecule has 2 aromatic carbocycles. The van der Waals surface area contributed by atoms with E-state index in [-0.39, 0.29) is 5.91 Å². The van der Waals surface area contributed by atoms with Crippen LogP contribution in [0.2, 0.25) is 0 Å². The maximum Gasteiger partial charge on any atom is 0.272 e. The number of hydrogen-bond acceptors (Lipinski definition) is 3. The summed E-state index contributed by atoms with van der Waals surface area (Å²) in [6, 6.07) is 11.3. The number of hydrogen-bond donors (Lipinski definition) is 1. The number of nitrogens with zero attached hydrogens (tertiary/aromatic N) is 1. The minimum atomic E-state index is -0.253. The number of hydrazone groups is 1. The lowest BCUT2D eigenvalue weighted by Gasteiger charge is -2.15. The molecule has 25 heavy (non-hydrogen) atoms. The van der Waals surface area contributed by atoms with Gasteiger partial charge in [0.25, 0.3) is 5.91 Å². The Morgan fingerprint density at radius 2 is 2.04 bits per heavy atom. The highest BCUT2D eigenvalue weighted by molar-refractivity contribution is 9.10. The molecule has 1 N–H and O–H groups in total. The molecule has 132 valence electrons. The van der Waals surface area contributed by atoms with Crippen molar-refractivity contribution in [2.45, 2.75) is 33.6 Å². The van der Waals surface area contributed by atoms with Crippen LogP contribution in [-0.4, -0.2) is 18.7 Å². The molecule has 0 aliphatic rings. The third kappa shape index (κ3) is 4.92. The second kappa shape index (κ2) is 8.81. The molecule has 0 atom stereocenters. The maximum atomic E-state index is 12.2. The summed E-state index contributed by atoms with van der Waals surface area (Å²) in [4.78, 5) is 12.2. The summed E-state index contributed by atoms with van der Waals surface area (Å²) in [5.41, 5.74) is 6.26. The van der Waals surface area contributed by atoms with Gasteiger partial charge >= 0.3 is 0 Å². The molecule has 5 heteroatoms. The fourth-order valence-electron chi connectivity index (χ4n) is 2.45. The highest BCUT2D eigenvalue weighted by Gasteiger charge is 2.11. The Bertz CT molecular complexity index is 785. The van der Waals surface area contributed by atoms with E-state index in [0.29, 0.717) is 18.1 Å². The molecule has 0 saturated heterocycles. The molecule has 0 heterocycles. The Labute approximate surface area is 157 Å². The van der Waals surface area contributed by atoms with Gasteiger partial charge in [-0.15, -0.1) is 0 Å². The second-order valence-corrected chi connectivity index (χ2v) is 6.87. The minimum absolute atomic E-state index is 0.253. The van der Waals surface area contributed by atoms with Crippen molar-refractivity contribution in [2.75, 3.05) is 6.61 Å². The van der Waals surface area contributed by atoms with Gasteiger partial charge < -0.3 is 4.74 Å². The van der Waals surface area contributed by atoms with Crippen molar-refractivity contribution in [2.24, 2.45) is 5.10 Å². The van der Waals surface area contributed by atoms with Crippen LogP contribution in [0.3, 0.4) is 0 Å². The largest absolute Gasteiger partial charge is 0.494 e. The first-order valence-electron chi connectivity index (χ1n) is 8.29. The Morgan fingerprint density at radius 3 is 2.68 bits per heavy atom. The summed E-state index contributed by atoms with van der Waals surface area (Å²) in [7, 11) is 0. The van der Waals surface area contributed by atoms with Gasteiger partial charge in [0.05, 0.1) is 18.4 Å². The Kier molecular flexibility index (Phi) is 6.76. The molecule has 0 saturated carbocycles. The van der Waals surface area contributed by atoms with E-state index < -0.39 is 0 Å². The molecular formula is C20H23BrN2O2. The Balaban J connectivity index is 2.19. The summed E-state index contributed by atoms with van der Waals surface area (Å²) in [6.45, 7) is 8.87. The van der Waals surface area contributed by atoms with Crippen LogP contribution in [0.5, 0.6) is 5.75 Å². The number of aryl methyl sites for hydroxylation is 1. The van der Waals surface area contributed by atoms with Crippen molar-refractivity contribution in [3.8, 4) is 5.75 Å². The van der Waals surface area contributed by atoms with Crippen LogP contribution in [0.4, 0.5) is 0 Å². The highest BCUT2D eigenvalue weighted by atomic mass is 79.9. The molecule has 4 nitrogen and oxygen atoms in total. The molecule has 0 spiro atoms. The van der Waals surface area contributed by atoms with Gasteiger partial charge in [-0.25, -0.2) is 5.43 Å². The second-order valence-electron chi connectivity index (χ2n) is 6.01. The molecule has 0 fully saturated rings. The molecule has 2 aromatic rings. The van der Waals surface area contributed by atoms with Gasteiger partial charge in [0, 0.05) is 4.47 Å². The number of carbonyl (C=O) groups is 1. The third-order valence-electron chi connectivity index (χ3n) is 3.81. The van der Waals surface area contributed by atoms with Gasteiger partial charge in [-0.3, -0.25) is 4.79 Å². The lowest BCUT2D eigenvalue weighted by atomic mass is 9.97. The summed E-state index contributed by atoms with van der Waals surface area (Å²) in [5.74, 6) is 0.991. The summed E-state index contributed by atoms with van der Waals surface area (Å²) < 4.78 is 6.47. The van der Waals surface area contributed by atoms with Gasteiger partial charge in [0.1, 0.15) is 5.75 Å².